The minimum Gasteiger partial charge on any atom is -0.467 e. The van der Waals surface area contributed by atoms with Gasteiger partial charge in [-0.15, -0.1) is 4.98 Å². The second-order valence-corrected chi connectivity index (χ2v) is 6.33. The van der Waals surface area contributed by atoms with E-state index in [2.05, 4.69) is 63.5 Å². The minimum absolute atomic E-state index is 0.245. The molecule has 0 saturated heterocycles. The lowest BCUT2D eigenvalue weighted by Crippen LogP contribution is -2.03. The van der Waals surface area contributed by atoms with Gasteiger partial charge >= 0.3 is 12.0 Å². The Hall–Kier alpha value is -3.47. The quantitative estimate of drug-likeness (QED) is 0.432. The van der Waals surface area contributed by atoms with Crippen LogP contribution in [0.3, 0.4) is 0 Å². The van der Waals surface area contributed by atoms with Gasteiger partial charge in [-0.2, -0.15) is 9.97 Å². The summed E-state index contributed by atoms with van der Waals surface area (Å²) in [7, 11) is 1.54. The highest BCUT2D eigenvalue weighted by molar-refractivity contribution is 6.25. The van der Waals surface area contributed by atoms with E-state index in [9.17, 15) is 0 Å². The summed E-state index contributed by atoms with van der Waals surface area (Å²) in [5.41, 5.74) is 0.933. The van der Waals surface area contributed by atoms with E-state index in [0.29, 0.717) is 12.4 Å². The number of ether oxygens (including phenoxy) is 2. The molecule has 5 nitrogen and oxygen atoms in total. The van der Waals surface area contributed by atoms with Gasteiger partial charge in [0.15, 0.2) is 5.82 Å². The molecule has 4 aromatic carbocycles. The van der Waals surface area contributed by atoms with Gasteiger partial charge in [0.1, 0.15) is 0 Å². The van der Waals surface area contributed by atoms with Crippen LogP contribution in [0, 0.1) is 0 Å². The van der Waals surface area contributed by atoms with Crippen LogP contribution in [0.5, 0.6) is 12.0 Å². The summed E-state index contributed by atoms with van der Waals surface area (Å²) in [6, 6.07) is 19.7. The molecule has 1 heterocycles. The van der Waals surface area contributed by atoms with E-state index in [0.717, 1.165) is 10.9 Å². The highest BCUT2D eigenvalue weighted by Crippen LogP contribution is 2.38. The summed E-state index contributed by atoms with van der Waals surface area (Å²) >= 11 is 0. The van der Waals surface area contributed by atoms with Crippen molar-refractivity contribution >= 4 is 32.3 Å². The van der Waals surface area contributed by atoms with Crippen molar-refractivity contribution in [3.63, 3.8) is 0 Å². The predicted octanol–water partition coefficient (Wildman–Crippen LogP) is 4.84. The number of rotatable bonds is 4. The van der Waals surface area contributed by atoms with Crippen LogP contribution in [0.1, 0.15) is 6.92 Å². The molecule has 0 aliphatic carbocycles. The predicted molar refractivity (Wildman–Crippen MR) is 107 cm³/mol. The zero-order valence-corrected chi connectivity index (χ0v) is 15.1. The van der Waals surface area contributed by atoms with E-state index >= 15 is 0 Å². The van der Waals surface area contributed by atoms with Crippen LogP contribution in [0.2, 0.25) is 0 Å². The van der Waals surface area contributed by atoms with Crippen LogP contribution in [0.4, 0.5) is 0 Å². The van der Waals surface area contributed by atoms with Crippen molar-refractivity contribution < 1.29 is 9.47 Å². The number of benzene rings is 4. The van der Waals surface area contributed by atoms with Crippen molar-refractivity contribution in [2.75, 3.05) is 13.7 Å². The van der Waals surface area contributed by atoms with Crippen LogP contribution in [0.25, 0.3) is 43.7 Å². The Labute approximate surface area is 155 Å². The van der Waals surface area contributed by atoms with Crippen molar-refractivity contribution in [2.45, 2.75) is 6.92 Å². The summed E-state index contributed by atoms with van der Waals surface area (Å²) in [6.45, 7) is 2.37. The Morgan fingerprint density at radius 2 is 1.41 bits per heavy atom. The maximum absolute atomic E-state index is 5.49. The number of methoxy groups -OCH3 is 1. The maximum Gasteiger partial charge on any atom is 0.323 e. The van der Waals surface area contributed by atoms with E-state index < -0.39 is 0 Å². The molecule has 5 rings (SSSR count). The average Bonchev–Trinajstić information content (AvgIpc) is 2.72. The molecule has 0 spiro atoms. The normalized spacial score (nSPS) is 11.5. The van der Waals surface area contributed by atoms with Gasteiger partial charge in [0, 0.05) is 5.56 Å². The maximum atomic E-state index is 5.49. The van der Waals surface area contributed by atoms with Crippen molar-refractivity contribution in [2.24, 2.45) is 0 Å². The van der Waals surface area contributed by atoms with E-state index in [1.165, 1.54) is 26.9 Å². The van der Waals surface area contributed by atoms with Gasteiger partial charge in [-0.1, -0.05) is 48.5 Å². The topological polar surface area (TPSA) is 57.1 Å². The third kappa shape index (κ3) is 2.43. The molecule has 0 aliphatic heterocycles. The van der Waals surface area contributed by atoms with Crippen LogP contribution in [0.15, 0.2) is 54.6 Å². The lowest BCUT2D eigenvalue weighted by molar-refractivity contribution is 0.298. The number of nitrogens with zero attached hydrogens (tertiary/aromatic N) is 3. The highest BCUT2D eigenvalue weighted by Gasteiger charge is 2.15. The SMILES string of the molecule is CCOc1nc(OC)nc(-c2ccc3ccc4cccc5ccc2c3c45)n1. The molecule has 5 heteroatoms. The van der Waals surface area contributed by atoms with Crippen LogP contribution in [-0.4, -0.2) is 28.7 Å². The van der Waals surface area contributed by atoms with Crippen molar-refractivity contribution in [1.29, 1.82) is 0 Å². The van der Waals surface area contributed by atoms with E-state index in [1.807, 2.05) is 13.0 Å². The van der Waals surface area contributed by atoms with Gasteiger partial charge in [-0.05, 0) is 45.3 Å². The first-order chi connectivity index (χ1) is 13.3. The van der Waals surface area contributed by atoms with E-state index in [1.54, 1.807) is 7.11 Å². The van der Waals surface area contributed by atoms with Crippen LogP contribution >= 0.6 is 0 Å². The van der Waals surface area contributed by atoms with E-state index in [4.69, 9.17) is 9.47 Å². The van der Waals surface area contributed by atoms with Gasteiger partial charge in [-0.3, -0.25) is 0 Å². The molecule has 0 radical (unpaired) electrons. The minimum atomic E-state index is 0.245. The standard InChI is InChI=1S/C22H17N3O2/c1-3-27-22-24-20(23-21(25-22)26-2)17-12-10-15-8-7-13-5-4-6-14-9-11-16(17)19(15)18(13)14/h4-12H,3H2,1-2H3. The molecule has 27 heavy (non-hydrogen) atoms. The van der Waals surface area contributed by atoms with Crippen molar-refractivity contribution in [3.8, 4) is 23.4 Å². The van der Waals surface area contributed by atoms with Gasteiger partial charge < -0.3 is 9.47 Å². The largest absolute Gasteiger partial charge is 0.467 e. The van der Waals surface area contributed by atoms with Crippen LogP contribution in [-0.2, 0) is 0 Å². The monoisotopic (exact) mass is 355 g/mol. The Bertz CT molecular complexity index is 1270. The first-order valence-electron chi connectivity index (χ1n) is 8.88. The summed E-state index contributed by atoms with van der Waals surface area (Å²) in [4.78, 5) is 13.1. The molecule has 132 valence electrons. The average molecular weight is 355 g/mol. The summed E-state index contributed by atoms with van der Waals surface area (Å²) in [5, 5.41) is 7.24. The van der Waals surface area contributed by atoms with Crippen LogP contribution < -0.4 is 9.47 Å². The zero-order chi connectivity index (χ0) is 18.4. The fourth-order valence-electron chi connectivity index (χ4n) is 3.67. The summed E-state index contributed by atoms with van der Waals surface area (Å²) < 4.78 is 10.7. The third-order valence-corrected chi connectivity index (χ3v) is 4.82. The Morgan fingerprint density at radius 1 is 0.741 bits per heavy atom. The second-order valence-electron chi connectivity index (χ2n) is 6.33. The third-order valence-electron chi connectivity index (χ3n) is 4.82. The summed E-state index contributed by atoms with van der Waals surface area (Å²) in [6.07, 6.45) is 0. The van der Waals surface area contributed by atoms with Gasteiger partial charge in [0.25, 0.3) is 0 Å². The Balaban J connectivity index is 1.85. The molecule has 0 saturated carbocycles. The van der Waals surface area contributed by atoms with Gasteiger partial charge in [0.05, 0.1) is 13.7 Å². The molecular formula is C22H17N3O2. The molecule has 0 bridgehead atoms. The molecule has 0 aliphatic rings. The fourth-order valence-corrected chi connectivity index (χ4v) is 3.67. The molecule has 0 unspecified atom stereocenters. The molecule has 0 N–H and O–H groups in total. The van der Waals surface area contributed by atoms with Crippen molar-refractivity contribution in [1.82, 2.24) is 15.0 Å². The number of hydrogen-bond donors (Lipinski definition) is 0. The number of aromatic nitrogens is 3. The molecule has 0 amide bonds. The molecule has 0 atom stereocenters. The lowest BCUT2D eigenvalue weighted by atomic mass is 9.92. The first-order valence-corrected chi connectivity index (χ1v) is 8.88. The van der Waals surface area contributed by atoms with Gasteiger partial charge in [-0.25, -0.2) is 0 Å². The first kappa shape index (κ1) is 15.8. The van der Waals surface area contributed by atoms with E-state index in [-0.39, 0.29) is 12.0 Å². The highest BCUT2D eigenvalue weighted by atomic mass is 16.5. The Kier molecular flexibility index (Phi) is 3.53. The Morgan fingerprint density at radius 3 is 2.15 bits per heavy atom. The lowest BCUT2D eigenvalue weighted by Gasteiger charge is -2.14. The molecule has 1 aromatic heterocycles. The van der Waals surface area contributed by atoms with Gasteiger partial charge in [0.2, 0.25) is 0 Å². The molecular weight excluding hydrogens is 338 g/mol. The second kappa shape index (κ2) is 6.06. The molecule has 0 fully saturated rings. The fraction of sp³-hybridized carbons (Fsp3) is 0.136. The molecule has 5 aromatic rings. The smallest absolute Gasteiger partial charge is 0.323 e. The zero-order valence-electron chi connectivity index (χ0n) is 15.1. The number of hydrogen-bond acceptors (Lipinski definition) is 5. The summed E-state index contributed by atoms with van der Waals surface area (Å²) in [5.74, 6) is 0.545. The van der Waals surface area contributed by atoms with Crippen molar-refractivity contribution in [3.05, 3.63) is 54.6 Å².